The van der Waals surface area contributed by atoms with Crippen LogP contribution >= 0.6 is 0 Å². The van der Waals surface area contributed by atoms with E-state index in [0.717, 1.165) is 64.5 Å². The van der Waals surface area contributed by atoms with Crippen LogP contribution in [0.3, 0.4) is 0 Å². The molecule has 0 aromatic carbocycles. The van der Waals surface area contributed by atoms with Crippen LogP contribution in [0.1, 0.15) is 105 Å². The van der Waals surface area contributed by atoms with E-state index in [4.69, 9.17) is 0 Å². The van der Waals surface area contributed by atoms with Gasteiger partial charge in [-0.15, -0.1) is 0 Å². The SMILES string of the molecule is CCCCCC(O)CCN1C(=O)CCN1CCCCCCC(=O)N(C(C)C)C(C)C. The zero-order chi connectivity index (χ0) is 22.5. The molecule has 0 bridgehead atoms. The van der Waals surface area contributed by atoms with E-state index in [1.807, 2.05) is 9.91 Å². The third-order valence-electron chi connectivity index (χ3n) is 5.99. The summed E-state index contributed by atoms with van der Waals surface area (Å²) in [5.41, 5.74) is 0. The molecule has 176 valence electrons. The fourth-order valence-corrected chi connectivity index (χ4v) is 4.40. The van der Waals surface area contributed by atoms with Crippen LogP contribution in [0.4, 0.5) is 0 Å². The zero-order valence-electron chi connectivity index (χ0n) is 20.2. The van der Waals surface area contributed by atoms with E-state index in [1.165, 1.54) is 0 Å². The first-order valence-electron chi connectivity index (χ1n) is 12.3. The van der Waals surface area contributed by atoms with Gasteiger partial charge >= 0.3 is 0 Å². The number of aliphatic hydroxyl groups is 1. The summed E-state index contributed by atoms with van der Waals surface area (Å²) in [6.07, 6.45) is 9.87. The van der Waals surface area contributed by atoms with Crippen molar-refractivity contribution in [3.8, 4) is 0 Å². The van der Waals surface area contributed by atoms with Crippen LogP contribution in [0.2, 0.25) is 0 Å². The van der Waals surface area contributed by atoms with Gasteiger partial charge in [0.05, 0.1) is 6.10 Å². The zero-order valence-corrected chi connectivity index (χ0v) is 20.2. The lowest BCUT2D eigenvalue weighted by Crippen LogP contribution is -2.41. The van der Waals surface area contributed by atoms with E-state index in [9.17, 15) is 14.7 Å². The van der Waals surface area contributed by atoms with E-state index >= 15 is 0 Å². The molecule has 1 rings (SSSR count). The monoisotopic (exact) mass is 425 g/mol. The highest BCUT2D eigenvalue weighted by Gasteiger charge is 2.28. The number of carbonyl (C=O) groups is 2. The second-order valence-electron chi connectivity index (χ2n) is 9.31. The Kier molecular flexibility index (Phi) is 13.3. The summed E-state index contributed by atoms with van der Waals surface area (Å²) in [5, 5.41) is 14.2. The number of rotatable bonds is 16. The molecule has 1 saturated heterocycles. The third-order valence-corrected chi connectivity index (χ3v) is 5.99. The van der Waals surface area contributed by atoms with Gasteiger partial charge in [0.15, 0.2) is 0 Å². The van der Waals surface area contributed by atoms with Gasteiger partial charge in [-0.05, 0) is 53.4 Å². The first-order valence-corrected chi connectivity index (χ1v) is 12.3. The van der Waals surface area contributed by atoms with Gasteiger partial charge in [-0.1, -0.05) is 39.0 Å². The summed E-state index contributed by atoms with van der Waals surface area (Å²) in [6, 6.07) is 0.502. The van der Waals surface area contributed by atoms with Crippen molar-refractivity contribution in [3.05, 3.63) is 0 Å². The maximum absolute atomic E-state index is 12.4. The number of carbonyl (C=O) groups excluding carboxylic acids is 2. The lowest BCUT2D eigenvalue weighted by molar-refractivity contribution is -0.138. The molecule has 1 fully saturated rings. The van der Waals surface area contributed by atoms with Crippen molar-refractivity contribution in [2.45, 2.75) is 123 Å². The lowest BCUT2D eigenvalue weighted by Gasteiger charge is -2.31. The molecular weight excluding hydrogens is 378 g/mol. The predicted molar refractivity (Wildman–Crippen MR) is 123 cm³/mol. The van der Waals surface area contributed by atoms with E-state index in [2.05, 4.69) is 39.6 Å². The largest absolute Gasteiger partial charge is 0.393 e. The second kappa shape index (κ2) is 14.8. The molecule has 1 N–H and O–H groups in total. The third kappa shape index (κ3) is 9.78. The molecular formula is C24H47N3O3. The lowest BCUT2D eigenvalue weighted by atomic mass is 10.1. The highest BCUT2D eigenvalue weighted by molar-refractivity contribution is 5.77. The van der Waals surface area contributed by atoms with Crippen molar-refractivity contribution in [2.24, 2.45) is 0 Å². The van der Waals surface area contributed by atoms with Gasteiger partial charge < -0.3 is 10.0 Å². The van der Waals surface area contributed by atoms with E-state index in [1.54, 1.807) is 0 Å². The van der Waals surface area contributed by atoms with Gasteiger partial charge in [0.2, 0.25) is 11.8 Å². The molecule has 0 radical (unpaired) electrons. The number of hydrazine groups is 1. The van der Waals surface area contributed by atoms with Crippen LogP contribution in [-0.2, 0) is 9.59 Å². The topological polar surface area (TPSA) is 64.1 Å². The Morgan fingerprint density at radius 3 is 2.27 bits per heavy atom. The van der Waals surface area contributed by atoms with Crippen LogP contribution in [0.25, 0.3) is 0 Å². The first-order chi connectivity index (χ1) is 14.3. The number of unbranched alkanes of at least 4 members (excludes halogenated alkanes) is 5. The van der Waals surface area contributed by atoms with Crippen molar-refractivity contribution < 1.29 is 14.7 Å². The number of aliphatic hydroxyl groups excluding tert-OH is 1. The summed E-state index contributed by atoms with van der Waals surface area (Å²) in [5.74, 6) is 0.442. The summed E-state index contributed by atoms with van der Waals surface area (Å²) >= 11 is 0. The molecule has 6 heteroatoms. The van der Waals surface area contributed by atoms with Gasteiger partial charge in [0.1, 0.15) is 0 Å². The normalized spacial score (nSPS) is 16.1. The minimum atomic E-state index is -0.305. The highest BCUT2D eigenvalue weighted by Crippen LogP contribution is 2.17. The molecule has 1 unspecified atom stereocenters. The molecule has 1 aliphatic heterocycles. The smallest absolute Gasteiger partial charge is 0.238 e. The average Bonchev–Trinajstić information content (AvgIpc) is 3.02. The maximum atomic E-state index is 12.4. The molecule has 30 heavy (non-hydrogen) atoms. The van der Waals surface area contributed by atoms with Gasteiger partial charge in [-0.3, -0.25) is 14.6 Å². The molecule has 1 atom stereocenters. The molecule has 1 heterocycles. The van der Waals surface area contributed by atoms with Crippen molar-refractivity contribution in [3.63, 3.8) is 0 Å². The van der Waals surface area contributed by atoms with Crippen molar-refractivity contribution >= 4 is 11.8 Å². The van der Waals surface area contributed by atoms with Gasteiger partial charge in [-0.2, -0.15) is 0 Å². The van der Waals surface area contributed by atoms with E-state index < -0.39 is 0 Å². The molecule has 0 saturated carbocycles. The number of hydrogen-bond acceptors (Lipinski definition) is 4. The van der Waals surface area contributed by atoms with Crippen molar-refractivity contribution in [1.82, 2.24) is 14.9 Å². The Labute approximate surface area is 184 Å². The first kappa shape index (κ1) is 26.9. The van der Waals surface area contributed by atoms with Crippen LogP contribution in [0, 0.1) is 0 Å². The highest BCUT2D eigenvalue weighted by atomic mass is 16.3. The Morgan fingerprint density at radius 2 is 1.63 bits per heavy atom. The molecule has 0 spiro atoms. The minimum absolute atomic E-state index is 0.184. The Morgan fingerprint density at radius 1 is 0.967 bits per heavy atom. The van der Waals surface area contributed by atoms with Crippen LogP contribution < -0.4 is 0 Å². The fraction of sp³-hybridized carbons (Fsp3) is 0.917. The standard InChI is InChI=1S/C24H47N3O3/c1-6-7-10-13-22(28)15-19-26-23(29)16-18-25(26)17-12-9-8-11-14-24(30)27(20(2)3)21(4)5/h20-22,28H,6-19H2,1-5H3. The van der Waals surface area contributed by atoms with Crippen molar-refractivity contribution in [1.29, 1.82) is 0 Å². The Bertz CT molecular complexity index is 488. The van der Waals surface area contributed by atoms with E-state index in [0.29, 0.717) is 25.8 Å². The summed E-state index contributed by atoms with van der Waals surface area (Å²) < 4.78 is 0. The number of hydrogen-bond donors (Lipinski definition) is 1. The van der Waals surface area contributed by atoms with Gasteiger partial charge in [0, 0.05) is 44.6 Å². The summed E-state index contributed by atoms with van der Waals surface area (Å²) in [6.45, 7) is 12.8. The van der Waals surface area contributed by atoms with Crippen LogP contribution in [0.5, 0.6) is 0 Å². The molecule has 0 aliphatic carbocycles. The van der Waals surface area contributed by atoms with Crippen LogP contribution in [-0.4, -0.2) is 69.7 Å². The maximum Gasteiger partial charge on any atom is 0.238 e. The molecule has 6 nitrogen and oxygen atoms in total. The molecule has 1 aliphatic rings. The molecule has 2 amide bonds. The summed E-state index contributed by atoms with van der Waals surface area (Å²) in [7, 11) is 0. The van der Waals surface area contributed by atoms with Gasteiger partial charge in [-0.25, -0.2) is 5.01 Å². The quantitative estimate of drug-likeness (QED) is 0.373. The average molecular weight is 426 g/mol. The number of nitrogens with zero attached hydrogens (tertiary/aromatic N) is 3. The summed E-state index contributed by atoms with van der Waals surface area (Å²) in [4.78, 5) is 26.6. The Balaban J connectivity index is 2.23. The molecule has 0 aromatic heterocycles. The van der Waals surface area contributed by atoms with Gasteiger partial charge in [0.25, 0.3) is 0 Å². The number of amides is 2. The Hall–Kier alpha value is -1.14. The molecule has 0 aromatic rings. The second-order valence-corrected chi connectivity index (χ2v) is 9.31. The predicted octanol–water partition coefficient (Wildman–Crippen LogP) is 4.36. The van der Waals surface area contributed by atoms with Crippen molar-refractivity contribution in [2.75, 3.05) is 19.6 Å². The van der Waals surface area contributed by atoms with Crippen LogP contribution in [0.15, 0.2) is 0 Å². The van der Waals surface area contributed by atoms with E-state index in [-0.39, 0.29) is 30.0 Å². The minimum Gasteiger partial charge on any atom is -0.393 e. The fourth-order valence-electron chi connectivity index (χ4n) is 4.40.